The largest absolute Gasteiger partial charge is 0.424 e. The minimum Gasteiger partial charge on any atom is -0.424 e. The van der Waals surface area contributed by atoms with Crippen molar-refractivity contribution in [3.63, 3.8) is 0 Å². The lowest BCUT2D eigenvalue weighted by Gasteiger charge is -2.26. The molecule has 0 bridgehead atoms. The summed E-state index contributed by atoms with van der Waals surface area (Å²) in [7, 11) is 2.03. The van der Waals surface area contributed by atoms with Gasteiger partial charge in [0.2, 0.25) is 11.8 Å². The van der Waals surface area contributed by atoms with Gasteiger partial charge in [0.15, 0.2) is 0 Å². The van der Waals surface area contributed by atoms with E-state index in [0.717, 1.165) is 25.9 Å². The maximum atomic E-state index is 14.5. The number of likely N-dealkylation sites (tertiary alicyclic amines) is 1. The summed E-state index contributed by atoms with van der Waals surface area (Å²) < 4.78 is 49.4. The molecule has 3 aliphatic rings. The number of rotatable bonds is 4. The first-order valence-corrected chi connectivity index (χ1v) is 11.5. The first kappa shape index (κ1) is 22.2. The number of benzene rings is 1. The van der Waals surface area contributed by atoms with Crippen LogP contribution in [0.4, 0.5) is 24.5 Å². The Bertz CT molecular complexity index is 1320. The number of anilines is 1. The van der Waals surface area contributed by atoms with Crippen LogP contribution < -0.4 is 4.90 Å². The van der Waals surface area contributed by atoms with Gasteiger partial charge in [-0.25, -0.2) is 4.98 Å². The smallest absolute Gasteiger partial charge is 0.397 e. The number of fused-ring (bicyclic) bond motifs is 2. The van der Waals surface area contributed by atoms with E-state index in [-0.39, 0.29) is 42.5 Å². The molecule has 0 unspecified atom stereocenters. The SMILES string of the molecule is CN1CCC(c2nnc([C@]34CN(c5ccc([N+](=O)[O-])c6ncccc56)C[C@@]3(C(F)(F)F)C4)o2)CC1. The standard InChI is InChI=1S/C23H23F3N6O3/c1-30-9-6-14(7-10-30)19-28-29-20(35-19)21-11-22(21,23(24,25)26)13-31(12-21)16-4-5-17(32(33)34)18-15(16)3-2-8-27-18/h2-5,8,14H,6-7,9-13H2,1H3/t21-,22-/m0/s1. The van der Waals surface area contributed by atoms with Gasteiger partial charge in [0, 0.05) is 42.3 Å². The lowest BCUT2D eigenvalue weighted by atomic mass is 9.95. The molecule has 1 aromatic carbocycles. The predicted octanol–water partition coefficient (Wildman–Crippen LogP) is 4.05. The van der Waals surface area contributed by atoms with Gasteiger partial charge in [-0.05, 0) is 57.6 Å². The van der Waals surface area contributed by atoms with Gasteiger partial charge in [0.1, 0.15) is 10.9 Å². The average molecular weight is 488 g/mol. The first-order valence-electron chi connectivity index (χ1n) is 11.5. The molecule has 0 N–H and O–H groups in total. The number of halogens is 3. The molecular formula is C23H23F3N6O3. The number of alkyl halides is 3. The van der Waals surface area contributed by atoms with E-state index in [1.54, 1.807) is 17.0 Å². The van der Waals surface area contributed by atoms with Gasteiger partial charge in [0.25, 0.3) is 5.69 Å². The fraction of sp³-hybridized carbons (Fsp3) is 0.522. The van der Waals surface area contributed by atoms with Crippen molar-refractivity contribution in [1.29, 1.82) is 0 Å². The summed E-state index contributed by atoms with van der Waals surface area (Å²) in [4.78, 5) is 18.9. The number of nitro groups is 1. The van der Waals surface area contributed by atoms with Crippen LogP contribution in [0.3, 0.4) is 0 Å². The molecule has 3 aromatic rings. The highest BCUT2D eigenvalue weighted by molar-refractivity contribution is 5.97. The van der Waals surface area contributed by atoms with Gasteiger partial charge in [-0.1, -0.05) is 0 Å². The molecule has 12 heteroatoms. The van der Waals surface area contributed by atoms with Gasteiger partial charge in [-0.3, -0.25) is 10.1 Å². The Morgan fingerprint density at radius 1 is 1.17 bits per heavy atom. The molecule has 0 spiro atoms. The summed E-state index contributed by atoms with van der Waals surface area (Å²) in [5.41, 5.74) is -2.91. The normalized spacial score (nSPS) is 27.4. The molecule has 0 amide bonds. The quantitative estimate of drug-likeness (QED) is 0.401. The van der Waals surface area contributed by atoms with Crippen LogP contribution in [-0.4, -0.2) is 64.4 Å². The lowest BCUT2D eigenvalue weighted by molar-refractivity contribution is -0.383. The van der Waals surface area contributed by atoms with E-state index in [0.29, 0.717) is 17.0 Å². The number of nitro benzene ring substituents is 1. The zero-order valence-electron chi connectivity index (χ0n) is 19.0. The van der Waals surface area contributed by atoms with Crippen LogP contribution in [0.1, 0.15) is 37.0 Å². The number of non-ortho nitro benzene ring substituents is 1. The van der Waals surface area contributed by atoms with E-state index in [2.05, 4.69) is 20.1 Å². The Morgan fingerprint density at radius 2 is 1.94 bits per heavy atom. The summed E-state index contributed by atoms with van der Waals surface area (Å²) in [6.45, 7) is 1.48. The Labute approximate surface area is 198 Å². The van der Waals surface area contributed by atoms with Gasteiger partial charge >= 0.3 is 6.18 Å². The molecule has 0 radical (unpaired) electrons. The van der Waals surface area contributed by atoms with Crippen molar-refractivity contribution < 1.29 is 22.5 Å². The van der Waals surface area contributed by atoms with E-state index < -0.39 is 21.9 Å². The van der Waals surface area contributed by atoms with Gasteiger partial charge in [0.05, 0.1) is 10.3 Å². The molecule has 2 aliphatic heterocycles. The second-order valence-corrected chi connectivity index (χ2v) is 9.98. The number of piperidine rings is 2. The molecule has 2 aromatic heterocycles. The summed E-state index contributed by atoms with van der Waals surface area (Å²) in [6.07, 6.45) is -1.51. The van der Waals surface area contributed by atoms with Crippen molar-refractivity contribution >= 4 is 22.3 Å². The van der Waals surface area contributed by atoms with Crippen LogP contribution in [0.15, 0.2) is 34.9 Å². The molecule has 35 heavy (non-hydrogen) atoms. The van der Waals surface area contributed by atoms with Crippen LogP contribution in [0.2, 0.25) is 0 Å². The van der Waals surface area contributed by atoms with Crippen molar-refractivity contribution in [2.45, 2.75) is 36.8 Å². The number of hydrogen-bond donors (Lipinski definition) is 0. The van der Waals surface area contributed by atoms with Crippen LogP contribution in [0, 0.1) is 15.5 Å². The summed E-state index contributed by atoms with van der Waals surface area (Å²) in [5, 5.41) is 20.2. The fourth-order valence-electron chi connectivity index (χ4n) is 5.99. The maximum Gasteiger partial charge on any atom is 0.397 e. The third-order valence-corrected chi connectivity index (χ3v) is 8.04. The molecule has 1 saturated carbocycles. The zero-order chi connectivity index (χ0) is 24.6. The van der Waals surface area contributed by atoms with Crippen molar-refractivity contribution in [2.24, 2.45) is 5.41 Å². The second kappa shape index (κ2) is 7.36. The zero-order valence-corrected chi connectivity index (χ0v) is 19.0. The molecule has 2 atom stereocenters. The predicted molar refractivity (Wildman–Crippen MR) is 119 cm³/mol. The summed E-state index contributed by atoms with van der Waals surface area (Å²) >= 11 is 0. The first-order chi connectivity index (χ1) is 16.7. The molecule has 4 heterocycles. The molecule has 1 aliphatic carbocycles. The van der Waals surface area contributed by atoms with Gasteiger partial charge < -0.3 is 14.2 Å². The molecular weight excluding hydrogens is 465 g/mol. The Balaban J connectivity index is 1.38. The van der Waals surface area contributed by atoms with E-state index in [4.69, 9.17) is 4.42 Å². The van der Waals surface area contributed by atoms with Crippen molar-refractivity contribution in [1.82, 2.24) is 20.1 Å². The monoisotopic (exact) mass is 488 g/mol. The van der Waals surface area contributed by atoms with E-state index >= 15 is 0 Å². The van der Waals surface area contributed by atoms with Crippen LogP contribution in [0.5, 0.6) is 0 Å². The Hall–Kier alpha value is -3.28. The molecule has 2 saturated heterocycles. The number of pyridine rings is 1. The Kier molecular flexibility index (Phi) is 4.67. The van der Waals surface area contributed by atoms with Crippen molar-refractivity contribution in [3.8, 4) is 0 Å². The minimum atomic E-state index is -4.47. The van der Waals surface area contributed by atoms with E-state index in [1.807, 2.05) is 7.05 Å². The third-order valence-electron chi connectivity index (χ3n) is 8.04. The van der Waals surface area contributed by atoms with Crippen LogP contribution in [-0.2, 0) is 5.41 Å². The molecule has 9 nitrogen and oxygen atoms in total. The summed E-state index contributed by atoms with van der Waals surface area (Å²) in [6, 6.07) is 6.06. The number of nitrogens with zero attached hydrogens (tertiary/aromatic N) is 6. The topological polar surface area (TPSA) is 101 Å². The van der Waals surface area contributed by atoms with Gasteiger partial charge in [-0.15, -0.1) is 10.2 Å². The maximum absolute atomic E-state index is 14.5. The second-order valence-electron chi connectivity index (χ2n) is 9.98. The minimum absolute atomic E-state index is 0.0311. The van der Waals surface area contributed by atoms with Crippen LogP contribution in [0.25, 0.3) is 10.9 Å². The average Bonchev–Trinajstić information content (AvgIpc) is 3.13. The number of hydrogen-bond acceptors (Lipinski definition) is 8. The van der Waals surface area contributed by atoms with Crippen molar-refractivity contribution in [2.75, 3.05) is 38.1 Å². The highest BCUT2D eigenvalue weighted by atomic mass is 19.4. The van der Waals surface area contributed by atoms with Crippen molar-refractivity contribution in [3.05, 3.63) is 52.4 Å². The summed E-state index contributed by atoms with van der Waals surface area (Å²) in [5.74, 6) is 0.495. The van der Waals surface area contributed by atoms with Crippen LogP contribution >= 0.6 is 0 Å². The lowest BCUT2D eigenvalue weighted by Crippen LogP contribution is -2.34. The highest BCUT2D eigenvalue weighted by Gasteiger charge is 2.86. The van der Waals surface area contributed by atoms with Gasteiger partial charge in [-0.2, -0.15) is 13.2 Å². The molecule has 3 fully saturated rings. The molecule has 184 valence electrons. The fourth-order valence-corrected chi connectivity index (χ4v) is 5.99. The highest BCUT2D eigenvalue weighted by Crippen LogP contribution is 2.75. The number of aromatic nitrogens is 3. The third kappa shape index (κ3) is 3.15. The van der Waals surface area contributed by atoms with E-state index in [9.17, 15) is 23.3 Å². The van der Waals surface area contributed by atoms with E-state index in [1.165, 1.54) is 18.3 Å². The molecule has 6 rings (SSSR count). The Morgan fingerprint density at radius 3 is 2.66 bits per heavy atom.